The van der Waals surface area contributed by atoms with E-state index in [1.54, 1.807) is 18.2 Å². The van der Waals surface area contributed by atoms with Gasteiger partial charge in [0.25, 0.3) is 10.1 Å². The topological polar surface area (TPSA) is 92.0 Å². The maximum absolute atomic E-state index is 12.0. The number of hydrogen-bond acceptors (Lipinski definition) is 7. The number of fused-ring (bicyclic) bond motifs is 3. The Morgan fingerprint density at radius 3 is 2.72 bits per heavy atom. The molecule has 0 fully saturated rings. The summed E-state index contributed by atoms with van der Waals surface area (Å²) >= 11 is 0. The molecule has 0 saturated heterocycles. The summed E-state index contributed by atoms with van der Waals surface area (Å²) in [6, 6.07) is 3.40. The lowest BCUT2D eigenvalue weighted by Gasteiger charge is -2.13. The second-order valence-electron chi connectivity index (χ2n) is 5.62. The van der Waals surface area contributed by atoms with Crippen LogP contribution in [0.1, 0.15) is 17.5 Å². The van der Waals surface area contributed by atoms with Crippen molar-refractivity contribution in [1.82, 2.24) is 0 Å². The Kier molecular flexibility index (Phi) is 4.82. The molecule has 1 aliphatic carbocycles. The predicted octanol–water partition coefficient (Wildman–Crippen LogP) is 2.12. The molecule has 8 heteroatoms. The van der Waals surface area contributed by atoms with Crippen LogP contribution < -0.4 is 15.1 Å². The van der Waals surface area contributed by atoms with Gasteiger partial charge in [0, 0.05) is 17.9 Å². The predicted molar refractivity (Wildman–Crippen MR) is 92.7 cm³/mol. The normalized spacial score (nSPS) is 13.2. The minimum atomic E-state index is -3.45. The summed E-state index contributed by atoms with van der Waals surface area (Å²) in [6.07, 6.45) is 5.73. The van der Waals surface area contributed by atoms with Gasteiger partial charge >= 0.3 is 5.63 Å². The highest BCUT2D eigenvalue weighted by atomic mass is 32.2. The molecule has 7 nitrogen and oxygen atoms in total. The molecule has 0 aliphatic heterocycles. The zero-order valence-corrected chi connectivity index (χ0v) is 14.7. The molecule has 1 aliphatic rings. The first-order valence-corrected chi connectivity index (χ1v) is 9.52. The molecule has 0 bridgehead atoms. The van der Waals surface area contributed by atoms with Crippen molar-refractivity contribution >= 4 is 27.2 Å². The van der Waals surface area contributed by atoms with Crippen molar-refractivity contribution in [2.45, 2.75) is 12.8 Å². The molecular formula is C17H18O7S. The second kappa shape index (κ2) is 6.89. The number of rotatable bonds is 7. The third-order valence-electron chi connectivity index (χ3n) is 3.79. The zero-order chi connectivity index (χ0) is 18.0. The van der Waals surface area contributed by atoms with E-state index in [0.717, 1.165) is 17.2 Å². The fraction of sp³-hybridized carbons (Fsp3) is 0.353. The van der Waals surface area contributed by atoms with Crippen molar-refractivity contribution in [2.75, 3.05) is 26.6 Å². The van der Waals surface area contributed by atoms with Gasteiger partial charge in [-0.05, 0) is 18.1 Å². The molecule has 25 heavy (non-hydrogen) atoms. The second-order valence-corrected chi connectivity index (χ2v) is 7.26. The van der Waals surface area contributed by atoms with Crippen LogP contribution in [0.25, 0.3) is 17.0 Å². The van der Waals surface area contributed by atoms with Crippen LogP contribution in [0.3, 0.4) is 0 Å². The number of benzene rings is 1. The summed E-state index contributed by atoms with van der Waals surface area (Å²) in [5.41, 5.74) is 1.53. The highest BCUT2D eigenvalue weighted by Crippen LogP contribution is 2.35. The van der Waals surface area contributed by atoms with Crippen molar-refractivity contribution in [1.29, 1.82) is 0 Å². The first kappa shape index (κ1) is 17.5. The quantitative estimate of drug-likeness (QED) is 0.421. The van der Waals surface area contributed by atoms with Crippen LogP contribution in [0.4, 0.5) is 0 Å². The molecule has 0 amide bonds. The Morgan fingerprint density at radius 2 is 2.00 bits per heavy atom. The Hall–Kier alpha value is -2.32. The third kappa shape index (κ3) is 3.85. The largest absolute Gasteiger partial charge is 0.493 e. The van der Waals surface area contributed by atoms with Gasteiger partial charge in [0.05, 0.1) is 32.1 Å². The number of ether oxygens (including phenoxy) is 2. The van der Waals surface area contributed by atoms with Gasteiger partial charge in [-0.15, -0.1) is 0 Å². The average molecular weight is 366 g/mol. The standard InChI is InChI=1S/C17H18O7S/c1-21-15-10-14-13(11-5-3-6-12(11)17(18)24-14)9-16(15)22-7-4-8-23-25(2,19)20/h3,6,9-10H,4-5,7-8H2,1-2H3. The molecule has 1 aromatic carbocycles. The van der Waals surface area contributed by atoms with Gasteiger partial charge in [-0.2, -0.15) is 8.42 Å². The van der Waals surface area contributed by atoms with E-state index in [9.17, 15) is 13.2 Å². The fourth-order valence-corrected chi connectivity index (χ4v) is 3.11. The lowest BCUT2D eigenvalue weighted by molar-refractivity contribution is 0.244. The Bertz CT molecular complexity index is 986. The van der Waals surface area contributed by atoms with Crippen molar-refractivity contribution in [3.05, 3.63) is 39.8 Å². The van der Waals surface area contributed by atoms with Gasteiger partial charge in [0.15, 0.2) is 11.5 Å². The smallest absolute Gasteiger partial charge is 0.343 e. The number of hydrogen-bond donors (Lipinski definition) is 0. The third-order valence-corrected chi connectivity index (χ3v) is 4.38. The maximum atomic E-state index is 12.0. The van der Waals surface area contributed by atoms with Crippen molar-refractivity contribution in [3.63, 3.8) is 0 Å². The van der Waals surface area contributed by atoms with Crippen LogP contribution in [0.15, 0.2) is 27.4 Å². The number of allylic oxidation sites excluding steroid dienone is 1. The van der Waals surface area contributed by atoms with E-state index in [2.05, 4.69) is 4.18 Å². The first-order valence-electron chi connectivity index (χ1n) is 7.70. The fourth-order valence-electron chi connectivity index (χ4n) is 2.69. The van der Waals surface area contributed by atoms with Gasteiger partial charge in [0.2, 0.25) is 0 Å². The summed E-state index contributed by atoms with van der Waals surface area (Å²) in [7, 11) is -1.96. The Balaban J connectivity index is 1.83. The minimum Gasteiger partial charge on any atom is -0.493 e. The van der Waals surface area contributed by atoms with Gasteiger partial charge in [-0.25, -0.2) is 4.79 Å². The van der Waals surface area contributed by atoms with E-state index in [0.29, 0.717) is 35.5 Å². The van der Waals surface area contributed by atoms with E-state index >= 15 is 0 Å². The molecule has 0 saturated carbocycles. The van der Waals surface area contributed by atoms with Crippen molar-refractivity contribution < 1.29 is 26.5 Å². The van der Waals surface area contributed by atoms with Crippen LogP contribution in [0.2, 0.25) is 0 Å². The van der Waals surface area contributed by atoms with Crippen molar-refractivity contribution in [3.8, 4) is 11.5 Å². The molecule has 0 unspecified atom stereocenters. The molecule has 1 heterocycles. The van der Waals surface area contributed by atoms with Crippen LogP contribution in [-0.4, -0.2) is 35.0 Å². The molecule has 1 aromatic heterocycles. The molecule has 3 rings (SSSR count). The van der Waals surface area contributed by atoms with Gasteiger partial charge in [-0.1, -0.05) is 12.2 Å². The van der Waals surface area contributed by atoms with E-state index in [4.69, 9.17) is 13.9 Å². The molecule has 2 aromatic rings. The molecular weight excluding hydrogens is 348 g/mol. The lowest BCUT2D eigenvalue weighted by Crippen LogP contribution is -2.09. The van der Waals surface area contributed by atoms with E-state index in [1.165, 1.54) is 7.11 Å². The molecule has 0 N–H and O–H groups in total. The molecule has 0 spiro atoms. The van der Waals surface area contributed by atoms with E-state index < -0.39 is 10.1 Å². The van der Waals surface area contributed by atoms with Crippen LogP contribution >= 0.6 is 0 Å². The van der Waals surface area contributed by atoms with Gasteiger partial charge in [0.1, 0.15) is 5.58 Å². The van der Waals surface area contributed by atoms with E-state index in [1.807, 2.05) is 6.08 Å². The monoisotopic (exact) mass is 366 g/mol. The average Bonchev–Trinajstić information content (AvgIpc) is 3.04. The summed E-state index contributed by atoms with van der Waals surface area (Å²) in [4.78, 5) is 12.0. The number of methoxy groups -OCH3 is 1. The summed E-state index contributed by atoms with van der Waals surface area (Å²) in [5, 5.41) is 0.794. The van der Waals surface area contributed by atoms with E-state index in [-0.39, 0.29) is 18.8 Å². The SMILES string of the molecule is COc1cc2oc(=O)c3c(c2cc1OCCCOS(C)(=O)=O)CC=C3. The van der Waals surface area contributed by atoms with Crippen LogP contribution in [0.5, 0.6) is 11.5 Å². The molecule has 0 radical (unpaired) electrons. The van der Waals surface area contributed by atoms with Gasteiger partial charge in [-0.3, -0.25) is 4.18 Å². The lowest BCUT2D eigenvalue weighted by atomic mass is 10.1. The molecule has 134 valence electrons. The van der Waals surface area contributed by atoms with Crippen LogP contribution in [-0.2, 0) is 20.7 Å². The van der Waals surface area contributed by atoms with Gasteiger partial charge < -0.3 is 13.9 Å². The van der Waals surface area contributed by atoms with Crippen molar-refractivity contribution in [2.24, 2.45) is 0 Å². The zero-order valence-electron chi connectivity index (χ0n) is 13.9. The highest BCUT2D eigenvalue weighted by Gasteiger charge is 2.18. The molecule has 0 atom stereocenters. The Morgan fingerprint density at radius 1 is 1.20 bits per heavy atom. The highest BCUT2D eigenvalue weighted by molar-refractivity contribution is 7.85. The summed E-state index contributed by atoms with van der Waals surface area (Å²) in [6.45, 7) is 0.303. The van der Waals surface area contributed by atoms with Crippen LogP contribution in [0, 0.1) is 0 Å². The summed E-state index contributed by atoms with van der Waals surface area (Å²) < 4.78 is 42.9. The first-order chi connectivity index (χ1) is 11.9. The minimum absolute atomic E-state index is 0.0446. The Labute approximate surface area is 144 Å². The maximum Gasteiger partial charge on any atom is 0.343 e. The summed E-state index contributed by atoms with van der Waals surface area (Å²) in [5.74, 6) is 0.933.